The van der Waals surface area contributed by atoms with Gasteiger partial charge in [0.1, 0.15) is 23.4 Å². The van der Waals surface area contributed by atoms with Gasteiger partial charge in [-0.1, -0.05) is 0 Å². The number of nitrogens with one attached hydrogen (secondary N) is 3. The number of rotatable bonds is 4. The average molecular weight is 357 g/mol. The SMILES string of the molecule is O=C1CC[C@@H](C(=O)Nc2ccc(Oc3ccc(F)cc3)cc2)NC(=O)N1. The molecule has 0 spiro atoms. The van der Waals surface area contributed by atoms with Gasteiger partial charge in [0.2, 0.25) is 11.8 Å². The minimum absolute atomic E-state index is 0.0846. The lowest BCUT2D eigenvalue weighted by molar-refractivity contribution is -0.120. The van der Waals surface area contributed by atoms with Gasteiger partial charge in [-0.25, -0.2) is 9.18 Å². The molecule has 0 aliphatic carbocycles. The molecule has 0 aromatic heterocycles. The van der Waals surface area contributed by atoms with E-state index in [-0.39, 0.29) is 18.7 Å². The Bertz CT molecular complexity index is 821. The minimum Gasteiger partial charge on any atom is -0.457 e. The van der Waals surface area contributed by atoms with Crippen molar-refractivity contribution in [2.24, 2.45) is 0 Å². The van der Waals surface area contributed by atoms with Gasteiger partial charge in [-0.2, -0.15) is 0 Å². The van der Waals surface area contributed by atoms with Crippen molar-refractivity contribution in [3.63, 3.8) is 0 Å². The highest BCUT2D eigenvalue weighted by Crippen LogP contribution is 2.23. The number of urea groups is 1. The molecule has 8 heteroatoms. The van der Waals surface area contributed by atoms with Crippen molar-refractivity contribution in [1.29, 1.82) is 0 Å². The van der Waals surface area contributed by atoms with E-state index >= 15 is 0 Å². The molecule has 0 saturated carbocycles. The fraction of sp³-hybridized carbons (Fsp3) is 0.167. The van der Waals surface area contributed by atoms with Gasteiger partial charge < -0.3 is 15.4 Å². The summed E-state index contributed by atoms with van der Waals surface area (Å²) in [6, 6.07) is 10.7. The van der Waals surface area contributed by atoms with E-state index in [0.29, 0.717) is 17.2 Å². The third-order valence-corrected chi connectivity index (χ3v) is 3.71. The van der Waals surface area contributed by atoms with Crippen molar-refractivity contribution in [2.75, 3.05) is 5.32 Å². The van der Waals surface area contributed by atoms with E-state index < -0.39 is 23.9 Å². The zero-order chi connectivity index (χ0) is 18.5. The smallest absolute Gasteiger partial charge is 0.322 e. The lowest BCUT2D eigenvalue weighted by atomic mass is 10.1. The lowest BCUT2D eigenvalue weighted by Crippen LogP contribution is -2.45. The first-order chi connectivity index (χ1) is 12.5. The predicted octanol–water partition coefficient (Wildman–Crippen LogP) is 2.54. The van der Waals surface area contributed by atoms with Crippen LogP contribution in [-0.4, -0.2) is 23.9 Å². The molecule has 134 valence electrons. The van der Waals surface area contributed by atoms with E-state index in [1.165, 1.54) is 24.3 Å². The minimum atomic E-state index is -0.795. The van der Waals surface area contributed by atoms with Crippen molar-refractivity contribution in [3.8, 4) is 11.5 Å². The second-order valence-electron chi connectivity index (χ2n) is 5.68. The second kappa shape index (κ2) is 7.64. The summed E-state index contributed by atoms with van der Waals surface area (Å²) in [6.45, 7) is 0. The van der Waals surface area contributed by atoms with Crippen LogP contribution < -0.4 is 20.7 Å². The number of benzene rings is 2. The molecule has 4 amide bonds. The van der Waals surface area contributed by atoms with Crippen LogP contribution in [0.5, 0.6) is 11.5 Å². The third-order valence-electron chi connectivity index (χ3n) is 3.71. The van der Waals surface area contributed by atoms with Gasteiger partial charge in [-0.05, 0) is 55.0 Å². The van der Waals surface area contributed by atoms with Crippen molar-refractivity contribution in [2.45, 2.75) is 18.9 Å². The Hall–Kier alpha value is -3.42. The van der Waals surface area contributed by atoms with E-state index in [1.807, 2.05) is 0 Å². The first-order valence-electron chi connectivity index (χ1n) is 7.94. The molecule has 1 aliphatic heterocycles. The molecule has 1 fully saturated rings. The van der Waals surface area contributed by atoms with Crippen LogP contribution in [0, 0.1) is 5.82 Å². The molecule has 7 nitrogen and oxygen atoms in total. The molecule has 2 aromatic rings. The molecular formula is C18H16FN3O4. The van der Waals surface area contributed by atoms with Gasteiger partial charge in [0.25, 0.3) is 0 Å². The largest absolute Gasteiger partial charge is 0.457 e. The first-order valence-corrected chi connectivity index (χ1v) is 7.94. The highest BCUT2D eigenvalue weighted by atomic mass is 19.1. The second-order valence-corrected chi connectivity index (χ2v) is 5.68. The van der Waals surface area contributed by atoms with Gasteiger partial charge >= 0.3 is 6.03 Å². The van der Waals surface area contributed by atoms with Gasteiger partial charge in [0, 0.05) is 12.1 Å². The molecule has 2 aromatic carbocycles. The molecule has 26 heavy (non-hydrogen) atoms. The number of ether oxygens (including phenoxy) is 1. The van der Waals surface area contributed by atoms with E-state index in [0.717, 1.165) is 0 Å². The van der Waals surface area contributed by atoms with E-state index in [1.54, 1.807) is 24.3 Å². The maximum absolute atomic E-state index is 12.9. The number of anilines is 1. The number of hydrogen-bond donors (Lipinski definition) is 3. The van der Waals surface area contributed by atoms with Crippen molar-refractivity contribution < 1.29 is 23.5 Å². The average Bonchev–Trinajstić information content (AvgIpc) is 2.79. The number of carbonyl (C=O) groups excluding carboxylic acids is 3. The molecule has 1 atom stereocenters. The Labute approximate surface area is 148 Å². The van der Waals surface area contributed by atoms with Gasteiger partial charge in [-0.15, -0.1) is 0 Å². The summed E-state index contributed by atoms with van der Waals surface area (Å²) < 4.78 is 18.4. The van der Waals surface area contributed by atoms with Crippen molar-refractivity contribution in [1.82, 2.24) is 10.6 Å². The number of carbonyl (C=O) groups is 3. The lowest BCUT2D eigenvalue weighted by Gasteiger charge is -2.15. The molecule has 0 unspecified atom stereocenters. The van der Waals surface area contributed by atoms with Gasteiger partial charge in [0.15, 0.2) is 0 Å². The highest BCUT2D eigenvalue weighted by molar-refractivity contribution is 6.01. The Morgan fingerprint density at radius 2 is 1.65 bits per heavy atom. The Kier molecular flexibility index (Phi) is 5.12. The zero-order valence-corrected chi connectivity index (χ0v) is 13.6. The van der Waals surface area contributed by atoms with Crippen LogP contribution in [0.3, 0.4) is 0 Å². The predicted molar refractivity (Wildman–Crippen MR) is 91.2 cm³/mol. The summed E-state index contributed by atoms with van der Waals surface area (Å²) in [5.74, 6) is -0.172. The van der Waals surface area contributed by atoms with Crippen LogP contribution in [0.15, 0.2) is 48.5 Å². The topological polar surface area (TPSA) is 96.5 Å². The van der Waals surface area contributed by atoms with Crippen LogP contribution in [0.25, 0.3) is 0 Å². The molecule has 3 rings (SSSR count). The quantitative estimate of drug-likeness (QED) is 0.783. The van der Waals surface area contributed by atoms with Crippen molar-refractivity contribution >= 4 is 23.5 Å². The molecule has 1 saturated heterocycles. The third kappa shape index (κ3) is 4.56. The molecular weight excluding hydrogens is 341 g/mol. The Balaban J connectivity index is 1.59. The molecule has 1 heterocycles. The zero-order valence-electron chi connectivity index (χ0n) is 13.6. The molecule has 0 radical (unpaired) electrons. The maximum atomic E-state index is 12.9. The monoisotopic (exact) mass is 357 g/mol. The fourth-order valence-electron chi connectivity index (χ4n) is 2.40. The number of imide groups is 1. The number of hydrogen-bond acceptors (Lipinski definition) is 4. The fourth-order valence-corrected chi connectivity index (χ4v) is 2.40. The standard InChI is InChI=1S/C18H16FN3O4/c19-11-1-5-13(6-2-11)26-14-7-3-12(4-8-14)20-17(24)15-9-10-16(23)22-18(25)21-15/h1-8,15H,9-10H2,(H,20,24)(H2,21,22,23,25)/t15-/m0/s1. The summed E-state index contributed by atoms with van der Waals surface area (Å²) in [6.07, 6.45) is 0.302. The summed E-state index contributed by atoms with van der Waals surface area (Å²) in [5, 5.41) is 7.23. The first kappa shape index (κ1) is 17.4. The van der Waals surface area contributed by atoms with Crippen LogP contribution in [-0.2, 0) is 9.59 Å². The van der Waals surface area contributed by atoms with Crippen LogP contribution in [0.4, 0.5) is 14.9 Å². The maximum Gasteiger partial charge on any atom is 0.322 e. The number of halogens is 1. The Morgan fingerprint density at radius 1 is 1.04 bits per heavy atom. The summed E-state index contributed by atoms with van der Waals surface area (Å²) >= 11 is 0. The van der Waals surface area contributed by atoms with Gasteiger partial charge in [0.05, 0.1) is 0 Å². The summed E-state index contributed by atoms with van der Waals surface area (Å²) in [5.41, 5.74) is 0.513. The Morgan fingerprint density at radius 3 is 2.31 bits per heavy atom. The molecule has 3 N–H and O–H groups in total. The van der Waals surface area contributed by atoms with E-state index in [2.05, 4.69) is 16.0 Å². The van der Waals surface area contributed by atoms with Crippen LogP contribution in [0.2, 0.25) is 0 Å². The summed E-state index contributed by atoms with van der Waals surface area (Å²) in [4.78, 5) is 35.0. The van der Waals surface area contributed by atoms with Crippen molar-refractivity contribution in [3.05, 3.63) is 54.3 Å². The van der Waals surface area contributed by atoms with E-state index in [4.69, 9.17) is 4.74 Å². The number of amides is 4. The van der Waals surface area contributed by atoms with Crippen LogP contribution in [0.1, 0.15) is 12.8 Å². The molecule has 1 aliphatic rings. The highest BCUT2D eigenvalue weighted by Gasteiger charge is 2.26. The van der Waals surface area contributed by atoms with Crippen LogP contribution >= 0.6 is 0 Å². The summed E-state index contributed by atoms with van der Waals surface area (Å²) in [7, 11) is 0. The van der Waals surface area contributed by atoms with E-state index in [9.17, 15) is 18.8 Å². The molecule has 0 bridgehead atoms. The van der Waals surface area contributed by atoms with Gasteiger partial charge in [-0.3, -0.25) is 14.9 Å². The normalized spacial score (nSPS) is 16.9.